The number of fused-ring (bicyclic) bond motifs is 1. The normalized spacial score (nSPS) is 11.8. The second kappa shape index (κ2) is 7.54. The quantitative estimate of drug-likeness (QED) is 0.493. The summed E-state index contributed by atoms with van der Waals surface area (Å²) >= 11 is 6.23. The monoisotopic (exact) mass is 452 g/mol. The number of nitrogens with zero attached hydrogens (tertiary/aromatic N) is 5. The molecule has 3 aromatic heterocycles. The van der Waals surface area contributed by atoms with E-state index in [-0.39, 0.29) is 40.4 Å². The Hall–Kier alpha value is -3.67. The Labute approximate surface area is 176 Å². The molecule has 0 saturated carbocycles. The van der Waals surface area contributed by atoms with Gasteiger partial charge in [-0.15, -0.1) is 0 Å². The first-order valence-electron chi connectivity index (χ1n) is 8.62. The van der Waals surface area contributed by atoms with Crippen molar-refractivity contribution in [1.29, 1.82) is 0 Å². The molecular formula is C18H12ClF3N6O3. The predicted octanol–water partition coefficient (Wildman–Crippen LogP) is 3.29. The van der Waals surface area contributed by atoms with E-state index in [1.807, 2.05) is 0 Å². The maximum absolute atomic E-state index is 13.4. The molecule has 0 fully saturated rings. The van der Waals surface area contributed by atoms with Crippen LogP contribution in [0.15, 0.2) is 34.9 Å². The molecule has 1 amide bonds. The van der Waals surface area contributed by atoms with Gasteiger partial charge >= 0.3 is 6.18 Å². The highest BCUT2D eigenvalue weighted by Crippen LogP contribution is 2.35. The molecule has 9 nitrogen and oxygen atoms in total. The summed E-state index contributed by atoms with van der Waals surface area (Å²) in [4.78, 5) is 19.0. The first-order valence-corrected chi connectivity index (χ1v) is 9.00. The number of aromatic nitrogens is 5. The lowest BCUT2D eigenvalue weighted by atomic mass is 10.2. The van der Waals surface area contributed by atoms with E-state index < -0.39 is 17.8 Å². The molecular weight excluding hydrogens is 441 g/mol. The fraction of sp³-hybridized carbons (Fsp3) is 0.167. The maximum Gasteiger partial charge on any atom is 0.433 e. The molecule has 4 aromatic rings. The summed E-state index contributed by atoms with van der Waals surface area (Å²) in [5, 5.41) is 7.56. The van der Waals surface area contributed by atoms with Gasteiger partial charge in [-0.05, 0) is 37.3 Å². The molecule has 2 N–H and O–H groups in total. The van der Waals surface area contributed by atoms with Gasteiger partial charge in [0.25, 0.3) is 11.8 Å². The number of primary amides is 1. The van der Waals surface area contributed by atoms with Crippen LogP contribution in [-0.2, 0) is 11.0 Å². The Morgan fingerprint density at radius 2 is 1.97 bits per heavy atom. The Balaban J connectivity index is 1.69. The lowest BCUT2D eigenvalue weighted by molar-refractivity contribution is -0.142. The Morgan fingerprint density at radius 3 is 2.61 bits per heavy atom. The molecule has 0 radical (unpaired) electrons. The number of carbonyl (C=O) groups is 1. The largest absolute Gasteiger partial charge is 0.484 e. The molecule has 13 heteroatoms. The summed E-state index contributed by atoms with van der Waals surface area (Å²) in [6, 6.07) is 7.19. The van der Waals surface area contributed by atoms with Crippen LogP contribution in [0.2, 0.25) is 5.02 Å². The number of ether oxygens (including phenoxy) is 1. The molecule has 0 unspecified atom stereocenters. The van der Waals surface area contributed by atoms with Crippen LogP contribution in [0.4, 0.5) is 13.2 Å². The smallest absolute Gasteiger partial charge is 0.433 e. The van der Waals surface area contributed by atoms with Gasteiger partial charge in [0, 0.05) is 11.3 Å². The number of aryl methyl sites for hydroxylation is 1. The predicted molar refractivity (Wildman–Crippen MR) is 101 cm³/mol. The van der Waals surface area contributed by atoms with Gasteiger partial charge in [0.1, 0.15) is 16.5 Å². The van der Waals surface area contributed by atoms with Crippen LogP contribution in [0.25, 0.3) is 28.6 Å². The standard InChI is InChI=1S/C18H12ClF3N6O3/c1-8-6-11(18(20,21)22)28-16(24-8)13(19)14(26-28)17-25-15(27-31-17)9-2-4-10(5-3-9)30-7-12(23)29/h2-6H,7H2,1H3,(H2,23,29). The third kappa shape index (κ3) is 4.01. The minimum absolute atomic E-state index is 0.123. The molecule has 0 aliphatic rings. The number of alkyl halides is 3. The number of benzene rings is 1. The minimum Gasteiger partial charge on any atom is -0.484 e. The number of halogens is 4. The van der Waals surface area contributed by atoms with Crippen LogP contribution in [0, 0.1) is 6.92 Å². The van der Waals surface area contributed by atoms with Crippen molar-refractivity contribution < 1.29 is 27.2 Å². The number of carbonyl (C=O) groups excluding carboxylic acids is 1. The minimum atomic E-state index is -4.67. The number of rotatable bonds is 5. The summed E-state index contributed by atoms with van der Waals surface area (Å²) in [6.45, 7) is 1.14. The van der Waals surface area contributed by atoms with E-state index in [0.29, 0.717) is 15.8 Å². The van der Waals surface area contributed by atoms with Crippen molar-refractivity contribution in [2.24, 2.45) is 5.73 Å². The maximum atomic E-state index is 13.4. The van der Waals surface area contributed by atoms with Crippen molar-refractivity contribution in [1.82, 2.24) is 24.7 Å². The number of hydrogen-bond acceptors (Lipinski definition) is 7. The average molecular weight is 453 g/mol. The van der Waals surface area contributed by atoms with E-state index in [0.717, 1.165) is 6.07 Å². The molecule has 0 aliphatic heterocycles. The third-order valence-corrected chi connectivity index (χ3v) is 4.42. The van der Waals surface area contributed by atoms with Crippen molar-refractivity contribution in [3.05, 3.63) is 46.7 Å². The lowest BCUT2D eigenvalue weighted by Crippen LogP contribution is -2.19. The zero-order valence-electron chi connectivity index (χ0n) is 15.6. The highest BCUT2D eigenvalue weighted by atomic mass is 35.5. The number of amides is 1. The average Bonchev–Trinajstić information content (AvgIpc) is 3.31. The topological polar surface area (TPSA) is 121 Å². The zero-order chi connectivity index (χ0) is 22.3. The van der Waals surface area contributed by atoms with Crippen LogP contribution < -0.4 is 10.5 Å². The fourth-order valence-corrected chi connectivity index (χ4v) is 2.98. The molecule has 0 aliphatic carbocycles. The number of hydrogen-bond donors (Lipinski definition) is 1. The van der Waals surface area contributed by atoms with Crippen LogP contribution in [0.3, 0.4) is 0 Å². The third-order valence-electron chi connectivity index (χ3n) is 4.07. The second-order valence-electron chi connectivity index (χ2n) is 6.38. The first kappa shape index (κ1) is 20.6. The fourth-order valence-electron chi connectivity index (χ4n) is 2.74. The van der Waals surface area contributed by atoms with Crippen LogP contribution in [0.1, 0.15) is 11.4 Å². The molecule has 3 heterocycles. The number of nitrogens with two attached hydrogens (primary N) is 1. The van der Waals surface area contributed by atoms with Crippen LogP contribution >= 0.6 is 11.6 Å². The van der Waals surface area contributed by atoms with Gasteiger partial charge in [-0.1, -0.05) is 16.8 Å². The Kier molecular flexibility index (Phi) is 5.01. The first-order chi connectivity index (χ1) is 14.6. The second-order valence-corrected chi connectivity index (χ2v) is 6.76. The van der Waals surface area contributed by atoms with E-state index >= 15 is 0 Å². The van der Waals surface area contributed by atoms with E-state index in [4.69, 9.17) is 26.6 Å². The Morgan fingerprint density at radius 1 is 1.26 bits per heavy atom. The highest BCUT2D eigenvalue weighted by Gasteiger charge is 2.36. The Bertz CT molecular complexity index is 1280. The van der Waals surface area contributed by atoms with Crippen molar-refractivity contribution in [3.8, 4) is 28.7 Å². The van der Waals surface area contributed by atoms with Gasteiger partial charge in [0.15, 0.2) is 17.9 Å². The van der Waals surface area contributed by atoms with Crippen molar-refractivity contribution in [2.75, 3.05) is 6.61 Å². The summed E-state index contributed by atoms with van der Waals surface area (Å²) in [5.74, 6) is -0.250. The van der Waals surface area contributed by atoms with Crippen LogP contribution in [0.5, 0.6) is 5.75 Å². The van der Waals surface area contributed by atoms with Gasteiger partial charge < -0.3 is 15.0 Å². The molecule has 31 heavy (non-hydrogen) atoms. The van der Waals surface area contributed by atoms with Gasteiger partial charge in [-0.3, -0.25) is 4.79 Å². The SMILES string of the molecule is Cc1cc(C(F)(F)F)n2nc(-c3nc(-c4ccc(OCC(N)=O)cc4)no3)c(Cl)c2n1. The molecule has 160 valence electrons. The van der Waals surface area contributed by atoms with E-state index in [9.17, 15) is 18.0 Å². The van der Waals surface area contributed by atoms with Crippen molar-refractivity contribution in [3.63, 3.8) is 0 Å². The highest BCUT2D eigenvalue weighted by molar-refractivity contribution is 6.35. The van der Waals surface area contributed by atoms with Gasteiger partial charge in [-0.2, -0.15) is 23.3 Å². The molecule has 0 atom stereocenters. The molecule has 1 aromatic carbocycles. The van der Waals surface area contributed by atoms with Gasteiger partial charge in [0.2, 0.25) is 5.82 Å². The summed E-state index contributed by atoms with van der Waals surface area (Å²) in [5.41, 5.74) is 4.31. The van der Waals surface area contributed by atoms with Crippen molar-refractivity contribution in [2.45, 2.75) is 13.1 Å². The molecule has 4 rings (SSSR count). The van der Waals surface area contributed by atoms with E-state index in [1.165, 1.54) is 6.92 Å². The van der Waals surface area contributed by atoms with E-state index in [1.54, 1.807) is 24.3 Å². The zero-order valence-corrected chi connectivity index (χ0v) is 16.4. The lowest BCUT2D eigenvalue weighted by Gasteiger charge is -2.09. The van der Waals surface area contributed by atoms with Gasteiger partial charge in [0.05, 0.1) is 0 Å². The summed E-state index contributed by atoms with van der Waals surface area (Å²) in [7, 11) is 0. The molecule has 0 saturated heterocycles. The van der Waals surface area contributed by atoms with Crippen molar-refractivity contribution >= 4 is 23.2 Å². The summed E-state index contributed by atoms with van der Waals surface area (Å²) < 4.78 is 51.1. The van der Waals surface area contributed by atoms with Gasteiger partial charge in [-0.25, -0.2) is 9.50 Å². The molecule has 0 spiro atoms. The van der Waals surface area contributed by atoms with E-state index in [2.05, 4.69) is 20.2 Å². The molecule has 0 bridgehead atoms. The van der Waals surface area contributed by atoms with Crippen LogP contribution in [-0.4, -0.2) is 37.3 Å². The summed E-state index contributed by atoms with van der Waals surface area (Å²) in [6.07, 6.45) is -4.67.